The van der Waals surface area contributed by atoms with Gasteiger partial charge in [0, 0.05) is 11.6 Å². The van der Waals surface area contributed by atoms with Crippen LogP contribution in [0.25, 0.3) is 11.0 Å². The van der Waals surface area contributed by atoms with Crippen molar-refractivity contribution in [1.29, 1.82) is 0 Å². The Bertz CT molecular complexity index is 1240. The van der Waals surface area contributed by atoms with E-state index in [9.17, 15) is 14.7 Å². The SMILES string of the molecule is CC1=C(C)CCC(C2C(C(=O)C3C=CCCC3)=C(O)C(=O)N2c2ccc3nc[nH]c3c2)=C1. The molecular weight excluding hydrogens is 402 g/mol. The number of hydrogen-bond donors (Lipinski definition) is 2. The van der Waals surface area contributed by atoms with Crippen LogP contribution in [0.4, 0.5) is 5.69 Å². The van der Waals surface area contributed by atoms with Gasteiger partial charge in [-0.1, -0.05) is 29.4 Å². The second-order valence-corrected chi connectivity index (χ2v) is 8.96. The second-order valence-electron chi connectivity index (χ2n) is 8.96. The van der Waals surface area contributed by atoms with Crippen molar-refractivity contribution in [3.8, 4) is 0 Å². The van der Waals surface area contributed by atoms with Gasteiger partial charge >= 0.3 is 0 Å². The van der Waals surface area contributed by atoms with Crippen LogP contribution in [-0.2, 0) is 9.59 Å². The van der Waals surface area contributed by atoms with Crippen LogP contribution in [0.1, 0.15) is 46.0 Å². The van der Waals surface area contributed by atoms with E-state index in [2.05, 4.69) is 29.9 Å². The summed E-state index contributed by atoms with van der Waals surface area (Å²) >= 11 is 0. The molecule has 5 rings (SSSR count). The lowest BCUT2D eigenvalue weighted by atomic mass is 9.81. The summed E-state index contributed by atoms with van der Waals surface area (Å²) < 4.78 is 0. The van der Waals surface area contributed by atoms with Gasteiger partial charge in [-0.3, -0.25) is 14.5 Å². The molecule has 1 amide bonds. The molecule has 0 fully saturated rings. The van der Waals surface area contributed by atoms with Crippen LogP contribution in [0, 0.1) is 5.92 Å². The molecule has 0 saturated carbocycles. The number of amides is 1. The number of aromatic nitrogens is 2. The van der Waals surface area contributed by atoms with E-state index in [1.165, 1.54) is 5.57 Å². The Balaban J connectivity index is 1.64. The van der Waals surface area contributed by atoms with Crippen LogP contribution < -0.4 is 4.90 Å². The van der Waals surface area contributed by atoms with E-state index >= 15 is 0 Å². The summed E-state index contributed by atoms with van der Waals surface area (Å²) in [6, 6.07) is 4.92. The van der Waals surface area contributed by atoms with E-state index in [0.29, 0.717) is 5.69 Å². The average molecular weight is 430 g/mol. The van der Waals surface area contributed by atoms with Gasteiger partial charge in [-0.15, -0.1) is 0 Å². The smallest absolute Gasteiger partial charge is 0.294 e. The highest BCUT2D eigenvalue weighted by atomic mass is 16.3. The van der Waals surface area contributed by atoms with E-state index in [-0.39, 0.29) is 17.3 Å². The van der Waals surface area contributed by atoms with Gasteiger partial charge in [0.15, 0.2) is 11.5 Å². The van der Waals surface area contributed by atoms with E-state index in [1.807, 2.05) is 30.4 Å². The number of fused-ring (bicyclic) bond motifs is 1. The highest BCUT2D eigenvalue weighted by molar-refractivity contribution is 6.18. The molecule has 1 aromatic carbocycles. The minimum Gasteiger partial charge on any atom is -0.503 e. The van der Waals surface area contributed by atoms with Crippen molar-refractivity contribution in [2.24, 2.45) is 5.92 Å². The molecule has 2 atom stereocenters. The predicted octanol–water partition coefficient (Wildman–Crippen LogP) is 5.07. The number of aromatic amines is 1. The summed E-state index contributed by atoms with van der Waals surface area (Å²) in [7, 11) is 0. The summed E-state index contributed by atoms with van der Waals surface area (Å²) in [5, 5.41) is 11.0. The number of ketones is 1. The molecule has 3 aliphatic rings. The van der Waals surface area contributed by atoms with Gasteiger partial charge in [0.05, 0.1) is 29.0 Å². The number of anilines is 1. The van der Waals surface area contributed by atoms with Crippen LogP contribution >= 0.6 is 0 Å². The maximum atomic E-state index is 13.6. The number of carbonyl (C=O) groups excluding carboxylic acids is 2. The second kappa shape index (κ2) is 7.93. The van der Waals surface area contributed by atoms with Crippen molar-refractivity contribution in [2.75, 3.05) is 4.90 Å². The molecule has 2 aromatic rings. The summed E-state index contributed by atoms with van der Waals surface area (Å²) in [4.78, 5) is 35.9. The first-order valence-electron chi connectivity index (χ1n) is 11.2. The monoisotopic (exact) mass is 429 g/mol. The molecule has 6 nitrogen and oxygen atoms in total. The van der Waals surface area contributed by atoms with Crippen molar-refractivity contribution in [1.82, 2.24) is 9.97 Å². The maximum Gasteiger partial charge on any atom is 0.294 e. The number of H-pyrrole nitrogens is 1. The van der Waals surface area contributed by atoms with Crippen LogP contribution in [0.2, 0.25) is 0 Å². The summed E-state index contributed by atoms with van der Waals surface area (Å²) in [5.41, 5.74) is 5.90. The standard InChI is InChI=1S/C26H27N3O3/c1-15-8-9-18(12-16(15)2)23-22(24(30)17-6-4-3-5-7-17)25(31)26(32)29(23)19-10-11-20-21(13-19)28-14-27-20/h4,6,10-14,17,23,31H,3,5,7-9H2,1-2H3,(H,27,28). The average Bonchev–Trinajstić information content (AvgIpc) is 3.38. The van der Waals surface area contributed by atoms with Crippen LogP contribution in [0.3, 0.4) is 0 Å². The number of rotatable bonds is 4. The number of carbonyl (C=O) groups is 2. The highest BCUT2D eigenvalue weighted by Gasteiger charge is 2.46. The molecule has 32 heavy (non-hydrogen) atoms. The first-order valence-corrected chi connectivity index (χ1v) is 11.2. The molecule has 2 N–H and O–H groups in total. The molecule has 2 heterocycles. The number of aliphatic hydroxyl groups excluding tert-OH is 1. The number of Topliss-reactive ketones (excluding diaryl/α,β-unsaturated/α-hetero) is 1. The fourth-order valence-corrected chi connectivity index (χ4v) is 5.00. The Kier molecular flexibility index (Phi) is 5.08. The summed E-state index contributed by atoms with van der Waals surface area (Å²) in [6.07, 6.45) is 11.9. The molecule has 1 aliphatic heterocycles. The lowest BCUT2D eigenvalue weighted by Gasteiger charge is -2.31. The number of nitrogens with zero attached hydrogens (tertiary/aromatic N) is 2. The Hall–Kier alpha value is -3.41. The number of allylic oxidation sites excluding steroid dienone is 5. The number of aliphatic hydroxyl groups is 1. The Morgan fingerprint density at radius 2 is 2.09 bits per heavy atom. The molecular formula is C26H27N3O3. The predicted molar refractivity (Wildman–Crippen MR) is 124 cm³/mol. The summed E-state index contributed by atoms with van der Waals surface area (Å²) in [5.74, 6) is -1.39. The lowest BCUT2D eigenvalue weighted by Crippen LogP contribution is -2.39. The molecule has 0 bridgehead atoms. The van der Waals surface area contributed by atoms with Crippen molar-refractivity contribution in [3.05, 3.63) is 70.8 Å². The highest BCUT2D eigenvalue weighted by Crippen LogP contribution is 2.41. The first kappa shape index (κ1) is 20.5. The number of imidazole rings is 1. The van der Waals surface area contributed by atoms with Gasteiger partial charge in [0.1, 0.15) is 0 Å². The molecule has 1 aromatic heterocycles. The van der Waals surface area contributed by atoms with Gasteiger partial charge in [-0.25, -0.2) is 4.98 Å². The number of hydrogen-bond acceptors (Lipinski definition) is 4. The third-order valence-electron chi connectivity index (χ3n) is 6.96. The number of nitrogens with one attached hydrogen (secondary N) is 1. The third kappa shape index (κ3) is 3.30. The van der Waals surface area contributed by atoms with Crippen LogP contribution in [-0.4, -0.2) is 32.8 Å². The van der Waals surface area contributed by atoms with Crippen LogP contribution in [0.15, 0.2) is 70.8 Å². The lowest BCUT2D eigenvalue weighted by molar-refractivity contribution is -0.119. The van der Waals surface area contributed by atoms with E-state index in [1.54, 1.807) is 11.2 Å². The van der Waals surface area contributed by atoms with E-state index in [4.69, 9.17) is 0 Å². The van der Waals surface area contributed by atoms with E-state index in [0.717, 1.165) is 54.3 Å². The largest absolute Gasteiger partial charge is 0.503 e. The van der Waals surface area contributed by atoms with Gasteiger partial charge in [-0.2, -0.15) is 0 Å². The minimum atomic E-state index is -0.603. The van der Waals surface area contributed by atoms with Gasteiger partial charge in [-0.05, 0) is 69.7 Å². The molecule has 164 valence electrons. The first-order chi connectivity index (χ1) is 15.5. The zero-order valence-electron chi connectivity index (χ0n) is 18.4. The Morgan fingerprint density at radius 1 is 1.25 bits per heavy atom. The topological polar surface area (TPSA) is 86.3 Å². The van der Waals surface area contributed by atoms with Gasteiger partial charge < -0.3 is 10.1 Å². The van der Waals surface area contributed by atoms with Gasteiger partial charge in [0.25, 0.3) is 5.91 Å². The Morgan fingerprint density at radius 3 is 2.84 bits per heavy atom. The quantitative estimate of drug-likeness (QED) is 0.664. The molecule has 6 heteroatoms. The Labute approximate surface area is 187 Å². The fourth-order valence-electron chi connectivity index (χ4n) is 5.00. The minimum absolute atomic E-state index is 0.147. The zero-order valence-corrected chi connectivity index (χ0v) is 18.4. The van der Waals surface area contributed by atoms with Crippen LogP contribution in [0.5, 0.6) is 0 Å². The van der Waals surface area contributed by atoms with Crippen molar-refractivity contribution < 1.29 is 14.7 Å². The summed E-state index contributed by atoms with van der Waals surface area (Å²) in [6.45, 7) is 4.17. The molecule has 0 saturated heterocycles. The molecule has 2 unspecified atom stereocenters. The molecule has 0 spiro atoms. The maximum absolute atomic E-state index is 13.6. The normalized spacial score (nSPS) is 24.0. The molecule has 2 aliphatic carbocycles. The third-order valence-corrected chi connectivity index (χ3v) is 6.96. The van der Waals surface area contributed by atoms with Crippen molar-refractivity contribution in [3.63, 3.8) is 0 Å². The fraction of sp³-hybridized carbons (Fsp3) is 0.346. The number of benzene rings is 1. The zero-order chi connectivity index (χ0) is 22.4. The van der Waals surface area contributed by atoms with Crippen molar-refractivity contribution in [2.45, 2.75) is 52.0 Å². The van der Waals surface area contributed by atoms with Gasteiger partial charge in [0.2, 0.25) is 0 Å². The van der Waals surface area contributed by atoms with E-state index < -0.39 is 17.7 Å². The molecule has 0 radical (unpaired) electrons. The van der Waals surface area contributed by atoms with Crippen molar-refractivity contribution >= 4 is 28.4 Å².